The number of hydrogen-bond acceptors (Lipinski definition) is 3. The Bertz CT molecular complexity index is 1070. The average molecular weight is 451 g/mol. The van der Waals surface area contributed by atoms with Crippen LogP contribution in [0.5, 0.6) is 5.75 Å². The van der Waals surface area contributed by atoms with Crippen LogP contribution in [0.4, 0.5) is 0 Å². The van der Waals surface area contributed by atoms with E-state index in [1.807, 2.05) is 39.0 Å². The van der Waals surface area contributed by atoms with E-state index >= 15 is 0 Å². The summed E-state index contributed by atoms with van der Waals surface area (Å²) in [5.74, 6) is 0.378. The molecule has 3 aromatic rings. The summed E-state index contributed by atoms with van der Waals surface area (Å²) in [4.78, 5) is 3.53. The topological polar surface area (TPSA) is 71.2 Å². The van der Waals surface area contributed by atoms with Gasteiger partial charge in [0.1, 0.15) is 10.6 Å². The molecular weight excluding hydrogens is 428 g/mol. The molecule has 2 aromatic carbocycles. The molecular formula is C20H23BrN2O3S. The highest BCUT2D eigenvalue weighted by Crippen LogP contribution is 2.27. The van der Waals surface area contributed by atoms with Gasteiger partial charge in [-0.2, -0.15) is 0 Å². The fourth-order valence-corrected chi connectivity index (χ4v) is 4.79. The minimum Gasteiger partial charge on any atom is -0.492 e. The summed E-state index contributed by atoms with van der Waals surface area (Å²) in [5.41, 5.74) is 4.08. The van der Waals surface area contributed by atoms with Gasteiger partial charge in [-0.3, -0.25) is 0 Å². The lowest BCUT2D eigenvalue weighted by molar-refractivity contribution is 0.331. The number of aryl methyl sites for hydroxylation is 2. The van der Waals surface area contributed by atoms with E-state index in [2.05, 4.69) is 31.7 Å². The Morgan fingerprint density at radius 3 is 2.67 bits per heavy atom. The largest absolute Gasteiger partial charge is 0.492 e. The van der Waals surface area contributed by atoms with Crippen LogP contribution < -0.4 is 9.46 Å². The molecule has 2 N–H and O–H groups in total. The first kappa shape index (κ1) is 19.9. The zero-order chi connectivity index (χ0) is 19.6. The lowest BCUT2D eigenvalue weighted by atomic mass is 10.1. The summed E-state index contributed by atoms with van der Waals surface area (Å²) in [6, 6.07) is 11.2. The van der Waals surface area contributed by atoms with E-state index in [0.29, 0.717) is 25.3 Å². The second kappa shape index (κ2) is 8.04. The highest BCUT2D eigenvalue weighted by atomic mass is 79.9. The van der Waals surface area contributed by atoms with E-state index in [-0.39, 0.29) is 4.90 Å². The molecule has 0 atom stereocenters. The highest BCUT2D eigenvalue weighted by molar-refractivity contribution is 9.10. The fourth-order valence-electron chi connectivity index (χ4n) is 3.16. The van der Waals surface area contributed by atoms with Crippen LogP contribution in [0.2, 0.25) is 0 Å². The second-order valence-electron chi connectivity index (χ2n) is 6.45. The average Bonchev–Trinajstić information content (AvgIpc) is 2.92. The zero-order valence-corrected chi connectivity index (χ0v) is 18.0. The minimum atomic E-state index is -3.66. The Morgan fingerprint density at radius 1 is 1.15 bits per heavy atom. The summed E-state index contributed by atoms with van der Waals surface area (Å²) in [7, 11) is -3.66. The third-order valence-corrected chi connectivity index (χ3v) is 6.41. The molecule has 1 heterocycles. The summed E-state index contributed by atoms with van der Waals surface area (Å²) in [6.45, 7) is 6.42. The molecule has 0 aliphatic heterocycles. The number of halogens is 1. The Kier molecular flexibility index (Phi) is 5.93. The maximum Gasteiger partial charge on any atom is 0.244 e. The Morgan fingerprint density at radius 2 is 1.93 bits per heavy atom. The van der Waals surface area contributed by atoms with Crippen molar-refractivity contribution >= 4 is 36.9 Å². The number of aromatic amines is 1. The third kappa shape index (κ3) is 4.36. The number of benzene rings is 2. The van der Waals surface area contributed by atoms with Crippen molar-refractivity contribution < 1.29 is 13.2 Å². The van der Waals surface area contributed by atoms with Crippen LogP contribution in [-0.2, 0) is 16.4 Å². The van der Waals surface area contributed by atoms with Crippen LogP contribution in [0.1, 0.15) is 23.7 Å². The van der Waals surface area contributed by atoms with Crippen LogP contribution in [0.25, 0.3) is 10.9 Å². The fraction of sp³-hybridized carbons (Fsp3) is 0.300. The number of hydrogen-bond donors (Lipinski definition) is 2. The molecule has 7 heteroatoms. The van der Waals surface area contributed by atoms with Crippen molar-refractivity contribution in [2.24, 2.45) is 0 Å². The molecule has 3 rings (SSSR count). The molecule has 144 valence electrons. The first-order chi connectivity index (χ1) is 12.8. The van der Waals surface area contributed by atoms with Crippen LogP contribution in [0.15, 0.2) is 45.8 Å². The van der Waals surface area contributed by atoms with E-state index in [9.17, 15) is 8.42 Å². The second-order valence-corrected chi connectivity index (χ2v) is 9.10. The molecule has 0 saturated carbocycles. The lowest BCUT2D eigenvalue weighted by Gasteiger charge is -2.13. The maximum atomic E-state index is 12.8. The molecule has 0 amide bonds. The van der Waals surface area contributed by atoms with Gasteiger partial charge in [0, 0.05) is 27.6 Å². The molecule has 0 saturated heterocycles. The quantitative estimate of drug-likeness (QED) is 0.557. The summed E-state index contributed by atoms with van der Waals surface area (Å²) in [6.07, 6.45) is 0.595. The number of nitrogens with one attached hydrogen (secondary N) is 2. The molecule has 0 bridgehead atoms. The Labute approximate surface area is 168 Å². The predicted octanol–water partition coefficient (Wildman–Crippen LogP) is 4.47. The first-order valence-electron chi connectivity index (χ1n) is 8.81. The molecule has 1 aromatic heterocycles. The van der Waals surface area contributed by atoms with E-state index in [4.69, 9.17) is 4.74 Å². The van der Waals surface area contributed by atoms with E-state index in [0.717, 1.165) is 32.2 Å². The normalized spacial score (nSPS) is 11.9. The molecule has 0 aliphatic carbocycles. The molecule has 0 spiro atoms. The third-order valence-electron chi connectivity index (χ3n) is 4.44. The van der Waals surface area contributed by atoms with Gasteiger partial charge < -0.3 is 9.72 Å². The standard InChI is InChI=1S/C20H23BrN2O3S/c1-4-26-19-8-5-13(2)11-20(19)27(24,25)22-10-9-16-14(3)23-18-7-6-15(21)12-17(16)18/h5-8,11-12,22-23H,4,9-10H2,1-3H3. The van der Waals surface area contributed by atoms with Gasteiger partial charge in [-0.05, 0) is 68.7 Å². The number of rotatable bonds is 7. The van der Waals surface area contributed by atoms with Crippen molar-refractivity contribution in [3.63, 3.8) is 0 Å². The Balaban J connectivity index is 1.80. The van der Waals surface area contributed by atoms with Gasteiger partial charge in [-0.1, -0.05) is 22.0 Å². The monoisotopic (exact) mass is 450 g/mol. The van der Waals surface area contributed by atoms with Crippen molar-refractivity contribution in [3.05, 3.63) is 57.7 Å². The molecule has 0 unspecified atom stereocenters. The summed E-state index contributed by atoms with van der Waals surface area (Å²) < 4.78 is 34.8. The minimum absolute atomic E-state index is 0.183. The van der Waals surface area contributed by atoms with Crippen molar-refractivity contribution in [3.8, 4) is 5.75 Å². The smallest absolute Gasteiger partial charge is 0.244 e. The van der Waals surface area contributed by atoms with Crippen molar-refractivity contribution in [2.45, 2.75) is 32.1 Å². The van der Waals surface area contributed by atoms with Crippen molar-refractivity contribution in [1.82, 2.24) is 9.71 Å². The number of H-pyrrole nitrogens is 1. The van der Waals surface area contributed by atoms with Crippen molar-refractivity contribution in [2.75, 3.05) is 13.2 Å². The maximum absolute atomic E-state index is 12.8. The van der Waals surface area contributed by atoms with Gasteiger partial charge in [-0.25, -0.2) is 13.1 Å². The predicted molar refractivity (Wildman–Crippen MR) is 112 cm³/mol. The summed E-state index contributed by atoms with van der Waals surface area (Å²) >= 11 is 3.50. The first-order valence-corrected chi connectivity index (χ1v) is 11.1. The van der Waals surface area contributed by atoms with Gasteiger partial charge in [0.2, 0.25) is 10.0 Å². The van der Waals surface area contributed by atoms with Gasteiger partial charge in [0.15, 0.2) is 0 Å². The molecule has 5 nitrogen and oxygen atoms in total. The molecule has 0 aliphatic rings. The van der Waals surface area contributed by atoms with Gasteiger partial charge in [0.05, 0.1) is 6.61 Å². The number of fused-ring (bicyclic) bond motifs is 1. The molecule has 0 fully saturated rings. The zero-order valence-electron chi connectivity index (χ0n) is 15.6. The van der Waals surface area contributed by atoms with E-state index in [1.54, 1.807) is 12.1 Å². The lowest BCUT2D eigenvalue weighted by Crippen LogP contribution is -2.26. The van der Waals surface area contributed by atoms with Gasteiger partial charge in [-0.15, -0.1) is 0 Å². The highest BCUT2D eigenvalue weighted by Gasteiger charge is 2.20. The van der Waals surface area contributed by atoms with E-state index in [1.165, 1.54) is 0 Å². The van der Waals surface area contributed by atoms with Gasteiger partial charge >= 0.3 is 0 Å². The van der Waals surface area contributed by atoms with Crippen molar-refractivity contribution in [1.29, 1.82) is 0 Å². The van der Waals surface area contributed by atoms with Crippen LogP contribution in [0.3, 0.4) is 0 Å². The van der Waals surface area contributed by atoms with Gasteiger partial charge in [0.25, 0.3) is 0 Å². The van der Waals surface area contributed by atoms with E-state index < -0.39 is 10.0 Å². The SMILES string of the molecule is CCOc1ccc(C)cc1S(=O)(=O)NCCc1c(C)[nH]c2ccc(Br)cc12. The Hall–Kier alpha value is -1.83. The van der Waals surface area contributed by atoms with Crippen LogP contribution in [0, 0.1) is 13.8 Å². The number of ether oxygens (including phenoxy) is 1. The van der Waals surface area contributed by atoms with Crippen LogP contribution in [-0.4, -0.2) is 26.6 Å². The van der Waals surface area contributed by atoms with Crippen LogP contribution >= 0.6 is 15.9 Å². The number of aromatic nitrogens is 1. The summed E-state index contributed by atoms with van der Waals surface area (Å²) in [5, 5.41) is 1.10. The number of sulfonamides is 1. The molecule has 0 radical (unpaired) electrons. The molecule has 27 heavy (non-hydrogen) atoms.